The van der Waals surface area contributed by atoms with Gasteiger partial charge in [-0.1, -0.05) is 6.07 Å². The number of hydrogen-bond acceptors (Lipinski definition) is 4. The van der Waals surface area contributed by atoms with E-state index in [2.05, 4.69) is 20.8 Å². The van der Waals surface area contributed by atoms with Crippen LogP contribution in [-0.2, 0) is 0 Å². The number of hydrogen-bond donors (Lipinski definition) is 0. The second kappa shape index (κ2) is 6.02. The van der Waals surface area contributed by atoms with Crippen LogP contribution in [0.5, 0.6) is 5.88 Å². The normalized spacial score (nSPS) is 14.4. The number of benzene rings is 1. The molecule has 1 aliphatic rings. The van der Waals surface area contributed by atoms with Crippen LogP contribution >= 0.6 is 0 Å². The second-order valence-electron chi connectivity index (χ2n) is 6.20. The molecule has 3 aromatic rings. The van der Waals surface area contributed by atoms with Crippen LogP contribution in [-0.4, -0.2) is 27.5 Å². The Bertz CT molecular complexity index is 1020. The molecule has 0 atom stereocenters. The van der Waals surface area contributed by atoms with Crippen molar-refractivity contribution in [1.82, 2.24) is 14.8 Å². The maximum absolute atomic E-state index is 12.4. The molecule has 1 aliphatic carbocycles. The number of ether oxygens (including phenoxy) is 1. The minimum atomic E-state index is -4.44. The van der Waals surface area contributed by atoms with Crippen molar-refractivity contribution >= 4 is 10.9 Å². The van der Waals surface area contributed by atoms with E-state index in [1.54, 1.807) is 6.07 Å². The Morgan fingerprint density at radius 1 is 1.23 bits per heavy atom. The maximum Gasteiger partial charge on any atom is 0.422 e. The molecule has 132 valence electrons. The van der Waals surface area contributed by atoms with Gasteiger partial charge >= 0.3 is 6.18 Å². The molecule has 0 N–H and O–H groups in total. The molecule has 0 radical (unpaired) electrons. The van der Waals surface area contributed by atoms with E-state index in [0.29, 0.717) is 17.2 Å². The molecule has 2 heterocycles. The van der Waals surface area contributed by atoms with E-state index < -0.39 is 12.8 Å². The minimum absolute atomic E-state index is 0.176. The second-order valence-corrected chi connectivity index (χ2v) is 6.20. The SMILES string of the molecule is N#Cc1ccc2cc(-c3cnnc(OCC(F)(F)F)c3)n(C3CC3)c2c1. The highest BCUT2D eigenvalue weighted by atomic mass is 19.4. The van der Waals surface area contributed by atoms with Crippen molar-refractivity contribution in [2.75, 3.05) is 6.61 Å². The summed E-state index contributed by atoms with van der Waals surface area (Å²) in [7, 11) is 0. The standard InChI is InChI=1S/C18H13F3N4O/c19-18(20,21)10-26-17-7-13(9-23-24-17)16-6-12-2-1-11(8-22)5-15(12)25(16)14-3-4-14/h1-2,5-7,9,14H,3-4,10H2. The Kier molecular flexibility index (Phi) is 3.80. The van der Waals surface area contributed by atoms with Crippen LogP contribution < -0.4 is 4.74 Å². The molecule has 1 saturated carbocycles. The van der Waals surface area contributed by atoms with Gasteiger partial charge in [-0.05, 0) is 31.0 Å². The fraction of sp³-hybridized carbons (Fsp3) is 0.278. The van der Waals surface area contributed by atoms with Crippen molar-refractivity contribution < 1.29 is 17.9 Å². The van der Waals surface area contributed by atoms with Gasteiger partial charge in [0, 0.05) is 23.1 Å². The average molecular weight is 358 g/mol. The monoisotopic (exact) mass is 358 g/mol. The topological polar surface area (TPSA) is 63.7 Å². The zero-order chi connectivity index (χ0) is 18.3. The first-order valence-corrected chi connectivity index (χ1v) is 8.02. The molecule has 2 aromatic heterocycles. The summed E-state index contributed by atoms with van der Waals surface area (Å²) in [6.45, 7) is -1.41. The Labute approximate surface area is 146 Å². The van der Waals surface area contributed by atoms with Gasteiger partial charge in [0.2, 0.25) is 5.88 Å². The van der Waals surface area contributed by atoms with Gasteiger partial charge < -0.3 is 9.30 Å². The summed E-state index contributed by atoms with van der Waals surface area (Å²) in [5.74, 6) is -0.176. The van der Waals surface area contributed by atoms with Crippen molar-refractivity contribution in [2.45, 2.75) is 25.1 Å². The van der Waals surface area contributed by atoms with E-state index in [4.69, 9.17) is 10.00 Å². The number of halogens is 3. The third kappa shape index (κ3) is 3.20. The van der Waals surface area contributed by atoms with Crippen molar-refractivity contribution in [2.24, 2.45) is 0 Å². The van der Waals surface area contributed by atoms with Gasteiger partial charge in [-0.25, -0.2) is 0 Å². The summed E-state index contributed by atoms with van der Waals surface area (Å²) >= 11 is 0. The molecule has 5 nitrogen and oxygen atoms in total. The Balaban J connectivity index is 1.77. The number of nitriles is 1. The van der Waals surface area contributed by atoms with Gasteiger partial charge in [0.25, 0.3) is 0 Å². The minimum Gasteiger partial charge on any atom is -0.467 e. The Morgan fingerprint density at radius 2 is 2.04 bits per heavy atom. The van der Waals surface area contributed by atoms with Gasteiger partial charge in [-0.3, -0.25) is 0 Å². The molecule has 0 bridgehead atoms. The van der Waals surface area contributed by atoms with Crippen molar-refractivity contribution in [3.63, 3.8) is 0 Å². The molecule has 8 heteroatoms. The lowest BCUT2D eigenvalue weighted by Gasteiger charge is -2.11. The smallest absolute Gasteiger partial charge is 0.422 e. The van der Waals surface area contributed by atoms with E-state index >= 15 is 0 Å². The molecule has 0 amide bonds. The number of nitrogens with zero attached hydrogens (tertiary/aromatic N) is 4. The predicted molar refractivity (Wildman–Crippen MR) is 87.5 cm³/mol. The number of rotatable bonds is 4. The third-order valence-corrected chi connectivity index (χ3v) is 4.19. The third-order valence-electron chi connectivity index (χ3n) is 4.19. The quantitative estimate of drug-likeness (QED) is 0.700. The van der Waals surface area contributed by atoms with Gasteiger partial charge in [0.05, 0.1) is 29.0 Å². The van der Waals surface area contributed by atoms with Gasteiger partial charge in [-0.2, -0.15) is 23.5 Å². The van der Waals surface area contributed by atoms with Crippen LogP contribution in [0.1, 0.15) is 24.4 Å². The highest BCUT2D eigenvalue weighted by Crippen LogP contribution is 2.42. The van der Waals surface area contributed by atoms with Crippen LogP contribution in [0.4, 0.5) is 13.2 Å². The summed E-state index contributed by atoms with van der Waals surface area (Å²) in [6, 6.07) is 11.3. The summed E-state index contributed by atoms with van der Waals surface area (Å²) in [4.78, 5) is 0. The summed E-state index contributed by atoms with van der Waals surface area (Å²) < 4.78 is 43.9. The van der Waals surface area contributed by atoms with E-state index in [0.717, 1.165) is 29.4 Å². The molecule has 1 aromatic carbocycles. The first-order chi connectivity index (χ1) is 12.4. The van der Waals surface area contributed by atoms with Crippen LogP contribution in [0.3, 0.4) is 0 Å². The first kappa shape index (κ1) is 16.4. The van der Waals surface area contributed by atoms with E-state index in [1.165, 1.54) is 12.3 Å². The molecule has 4 rings (SSSR count). The zero-order valence-electron chi connectivity index (χ0n) is 13.5. The van der Waals surface area contributed by atoms with Crippen LogP contribution in [0.2, 0.25) is 0 Å². The van der Waals surface area contributed by atoms with Crippen LogP contribution in [0.25, 0.3) is 22.2 Å². The molecular formula is C18H13F3N4O. The van der Waals surface area contributed by atoms with Crippen molar-refractivity contribution in [3.8, 4) is 23.2 Å². The number of alkyl halides is 3. The van der Waals surface area contributed by atoms with Crippen LogP contribution in [0.15, 0.2) is 36.5 Å². The molecule has 0 spiro atoms. The molecule has 0 aliphatic heterocycles. The molecule has 26 heavy (non-hydrogen) atoms. The van der Waals surface area contributed by atoms with Gasteiger partial charge in [0.1, 0.15) is 0 Å². The molecule has 1 fully saturated rings. The summed E-state index contributed by atoms with van der Waals surface area (Å²) in [6.07, 6.45) is -0.903. The van der Waals surface area contributed by atoms with Crippen molar-refractivity contribution in [1.29, 1.82) is 5.26 Å². The number of aromatic nitrogens is 3. The molecule has 0 unspecified atom stereocenters. The van der Waals surface area contributed by atoms with E-state index in [-0.39, 0.29) is 5.88 Å². The fourth-order valence-corrected chi connectivity index (χ4v) is 2.95. The molecule has 0 saturated heterocycles. The van der Waals surface area contributed by atoms with E-state index in [9.17, 15) is 13.2 Å². The lowest BCUT2D eigenvalue weighted by molar-refractivity contribution is -0.154. The lowest BCUT2D eigenvalue weighted by atomic mass is 10.1. The highest BCUT2D eigenvalue weighted by Gasteiger charge is 2.30. The maximum atomic E-state index is 12.4. The molecular weight excluding hydrogens is 345 g/mol. The fourth-order valence-electron chi connectivity index (χ4n) is 2.95. The Hall–Kier alpha value is -3.08. The lowest BCUT2D eigenvalue weighted by Crippen LogP contribution is -2.19. The Morgan fingerprint density at radius 3 is 2.73 bits per heavy atom. The largest absolute Gasteiger partial charge is 0.467 e. The first-order valence-electron chi connectivity index (χ1n) is 8.02. The average Bonchev–Trinajstić information content (AvgIpc) is 3.39. The zero-order valence-corrected chi connectivity index (χ0v) is 13.5. The summed E-state index contributed by atoms with van der Waals surface area (Å²) in [5, 5.41) is 17.5. The number of fused-ring (bicyclic) bond motifs is 1. The highest BCUT2D eigenvalue weighted by molar-refractivity contribution is 5.88. The van der Waals surface area contributed by atoms with Gasteiger partial charge in [0.15, 0.2) is 6.61 Å². The van der Waals surface area contributed by atoms with Crippen LogP contribution in [0, 0.1) is 11.3 Å². The summed E-state index contributed by atoms with van der Waals surface area (Å²) in [5.41, 5.74) is 2.94. The van der Waals surface area contributed by atoms with Gasteiger partial charge in [-0.15, -0.1) is 5.10 Å². The van der Waals surface area contributed by atoms with E-state index in [1.807, 2.05) is 18.2 Å². The predicted octanol–water partition coefficient (Wildman–Crippen LogP) is 4.25. The van der Waals surface area contributed by atoms with Crippen molar-refractivity contribution in [3.05, 3.63) is 42.1 Å².